The Morgan fingerprint density at radius 1 is 1.29 bits per heavy atom. The summed E-state index contributed by atoms with van der Waals surface area (Å²) in [5, 5.41) is 17.8. The van der Waals surface area contributed by atoms with Gasteiger partial charge in [-0.25, -0.2) is 9.78 Å². The van der Waals surface area contributed by atoms with Crippen LogP contribution < -0.4 is 10.2 Å². The van der Waals surface area contributed by atoms with Crippen molar-refractivity contribution in [2.45, 2.75) is 51.0 Å². The fourth-order valence-electron chi connectivity index (χ4n) is 4.10. The van der Waals surface area contributed by atoms with Crippen LogP contribution in [0.2, 0.25) is 0 Å². The molecule has 9 heteroatoms. The second-order valence-corrected chi connectivity index (χ2v) is 8.51. The third kappa shape index (κ3) is 4.25. The summed E-state index contributed by atoms with van der Waals surface area (Å²) in [6.45, 7) is 1.80. The number of nitrogens with one attached hydrogen (secondary N) is 1. The molecule has 1 saturated carbocycles. The summed E-state index contributed by atoms with van der Waals surface area (Å²) in [5.41, 5.74) is 0.619. The van der Waals surface area contributed by atoms with Crippen LogP contribution in [-0.4, -0.2) is 51.6 Å². The minimum absolute atomic E-state index is 0.279. The Bertz CT molecular complexity index is 830. The van der Waals surface area contributed by atoms with Crippen LogP contribution in [0.15, 0.2) is 16.7 Å². The molecule has 2 N–H and O–H groups in total. The highest BCUT2D eigenvalue weighted by Gasteiger charge is 2.26. The summed E-state index contributed by atoms with van der Waals surface area (Å²) in [6, 6.07) is 2.20. The molecule has 0 radical (unpaired) electrons. The first kappa shape index (κ1) is 19.4. The van der Waals surface area contributed by atoms with Gasteiger partial charge in [0.2, 0.25) is 0 Å². The van der Waals surface area contributed by atoms with E-state index in [4.69, 9.17) is 4.74 Å². The first-order valence-electron chi connectivity index (χ1n) is 10.0. The predicted molar refractivity (Wildman–Crippen MR) is 110 cm³/mol. The third-order valence-electron chi connectivity index (χ3n) is 5.66. The molecule has 0 spiro atoms. The molecule has 1 aliphatic carbocycles. The fourth-order valence-corrected chi connectivity index (χ4v) is 4.45. The number of carboxylic acid groups (broad SMARTS) is 1. The normalized spacial score (nSPS) is 19.0. The summed E-state index contributed by atoms with van der Waals surface area (Å²) in [6.07, 6.45) is 8.37. The molecule has 152 valence electrons. The maximum atomic E-state index is 12.1. The van der Waals surface area contributed by atoms with Gasteiger partial charge >= 0.3 is 6.09 Å². The van der Waals surface area contributed by atoms with E-state index in [0.29, 0.717) is 43.1 Å². The molecule has 2 aliphatic rings. The summed E-state index contributed by atoms with van der Waals surface area (Å²) in [4.78, 5) is 18.2. The summed E-state index contributed by atoms with van der Waals surface area (Å²) in [5.74, 6) is 1.50. The van der Waals surface area contributed by atoms with Gasteiger partial charge in [-0.2, -0.15) is 9.61 Å². The van der Waals surface area contributed by atoms with E-state index in [0.717, 1.165) is 30.2 Å². The number of anilines is 2. The number of fused-ring (bicyclic) bond motifs is 1. The van der Waals surface area contributed by atoms with Crippen molar-refractivity contribution in [2.24, 2.45) is 5.92 Å². The SMILES string of the molecule is O=C(O)N(CC1CCOCC1)c1cc(NC2CCCCC2)nc2c(Br)cnn12. The van der Waals surface area contributed by atoms with Crippen molar-refractivity contribution >= 4 is 39.3 Å². The maximum absolute atomic E-state index is 12.1. The first-order valence-corrected chi connectivity index (χ1v) is 10.8. The molecule has 1 amide bonds. The van der Waals surface area contributed by atoms with E-state index in [1.807, 2.05) is 6.07 Å². The minimum atomic E-state index is -0.978. The molecular formula is C19H26BrN5O3. The van der Waals surface area contributed by atoms with E-state index >= 15 is 0 Å². The molecule has 8 nitrogen and oxygen atoms in total. The van der Waals surface area contributed by atoms with Crippen LogP contribution in [0.5, 0.6) is 0 Å². The highest BCUT2D eigenvalue weighted by Crippen LogP contribution is 2.29. The van der Waals surface area contributed by atoms with Crippen LogP contribution in [-0.2, 0) is 4.74 Å². The zero-order valence-electron chi connectivity index (χ0n) is 15.8. The average molecular weight is 452 g/mol. The molecule has 0 unspecified atom stereocenters. The number of amides is 1. The van der Waals surface area contributed by atoms with Gasteiger partial charge in [0.05, 0.1) is 10.7 Å². The topological polar surface area (TPSA) is 92.0 Å². The Morgan fingerprint density at radius 3 is 2.75 bits per heavy atom. The molecule has 4 rings (SSSR count). The number of hydrogen-bond acceptors (Lipinski definition) is 5. The summed E-state index contributed by atoms with van der Waals surface area (Å²) in [7, 11) is 0. The van der Waals surface area contributed by atoms with Crippen molar-refractivity contribution in [1.82, 2.24) is 14.6 Å². The van der Waals surface area contributed by atoms with Gasteiger partial charge in [0.1, 0.15) is 11.6 Å². The van der Waals surface area contributed by atoms with Crippen LogP contribution in [0.4, 0.5) is 16.4 Å². The number of hydrogen-bond donors (Lipinski definition) is 2. The van der Waals surface area contributed by atoms with Crippen LogP contribution in [0.25, 0.3) is 5.65 Å². The van der Waals surface area contributed by atoms with Gasteiger partial charge in [0, 0.05) is 31.9 Å². The van der Waals surface area contributed by atoms with E-state index in [2.05, 4.69) is 31.3 Å². The molecule has 1 aliphatic heterocycles. The lowest BCUT2D eigenvalue weighted by molar-refractivity contribution is 0.0680. The smallest absolute Gasteiger partial charge is 0.413 e. The number of ether oxygens (including phenoxy) is 1. The molecule has 2 aromatic rings. The van der Waals surface area contributed by atoms with Gasteiger partial charge in [0.25, 0.3) is 0 Å². The van der Waals surface area contributed by atoms with Gasteiger partial charge < -0.3 is 15.2 Å². The second kappa shape index (κ2) is 8.65. The molecule has 2 aromatic heterocycles. The number of halogens is 1. The van der Waals surface area contributed by atoms with Gasteiger partial charge in [0.15, 0.2) is 5.65 Å². The first-order chi connectivity index (χ1) is 13.6. The van der Waals surface area contributed by atoms with Crippen molar-refractivity contribution in [1.29, 1.82) is 0 Å². The van der Waals surface area contributed by atoms with Gasteiger partial charge in [-0.15, -0.1) is 0 Å². The summed E-state index contributed by atoms with van der Waals surface area (Å²) >= 11 is 3.49. The monoisotopic (exact) mass is 451 g/mol. The van der Waals surface area contributed by atoms with E-state index in [1.54, 1.807) is 10.7 Å². The fraction of sp³-hybridized carbons (Fsp3) is 0.632. The molecule has 0 aromatic carbocycles. The van der Waals surface area contributed by atoms with Crippen molar-refractivity contribution in [3.8, 4) is 0 Å². The van der Waals surface area contributed by atoms with E-state index in [1.165, 1.54) is 24.2 Å². The Kier molecular flexibility index (Phi) is 6.01. The lowest BCUT2D eigenvalue weighted by Crippen LogP contribution is -2.37. The average Bonchev–Trinajstić information content (AvgIpc) is 3.08. The Labute approximate surface area is 172 Å². The predicted octanol–water partition coefficient (Wildman–Crippen LogP) is 4.15. The van der Waals surface area contributed by atoms with E-state index < -0.39 is 6.09 Å². The minimum Gasteiger partial charge on any atom is -0.465 e. The van der Waals surface area contributed by atoms with Crippen molar-refractivity contribution in [3.05, 3.63) is 16.7 Å². The molecule has 0 atom stereocenters. The van der Waals surface area contributed by atoms with E-state index in [-0.39, 0.29) is 5.92 Å². The summed E-state index contributed by atoms with van der Waals surface area (Å²) < 4.78 is 7.76. The molecule has 0 bridgehead atoms. The molecule has 1 saturated heterocycles. The zero-order valence-corrected chi connectivity index (χ0v) is 17.4. The Morgan fingerprint density at radius 2 is 2.04 bits per heavy atom. The number of aromatic nitrogens is 3. The van der Waals surface area contributed by atoms with Crippen LogP contribution in [0.3, 0.4) is 0 Å². The largest absolute Gasteiger partial charge is 0.465 e. The third-order valence-corrected chi connectivity index (χ3v) is 6.22. The number of nitrogens with zero attached hydrogens (tertiary/aromatic N) is 4. The highest BCUT2D eigenvalue weighted by atomic mass is 79.9. The standard InChI is InChI=1S/C19H26BrN5O3/c20-15-11-21-25-17(24(19(26)27)12-13-6-8-28-9-7-13)10-16(23-18(15)25)22-14-4-2-1-3-5-14/h10-11,13-14H,1-9,12H2,(H,22,23)(H,26,27). The Hall–Kier alpha value is -1.87. The Balaban J connectivity index is 1.67. The molecular weight excluding hydrogens is 426 g/mol. The lowest BCUT2D eigenvalue weighted by atomic mass is 9.95. The number of rotatable bonds is 5. The van der Waals surface area contributed by atoms with E-state index in [9.17, 15) is 9.90 Å². The van der Waals surface area contributed by atoms with Crippen molar-refractivity contribution < 1.29 is 14.6 Å². The zero-order chi connectivity index (χ0) is 19.5. The number of carbonyl (C=O) groups is 1. The van der Waals surface area contributed by atoms with Gasteiger partial charge in [-0.1, -0.05) is 19.3 Å². The van der Waals surface area contributed by atoms with Crippen molar-refractivity contribution in [3.63, 3.8) is 0 Å². The molecule has 3 heterocycles. The molecule has 2 fully saturated rings. The second-order valence-electron chi connectivity index (χ2n) is 7.66. The van der Waals surface area contributed by atoms with Crippen LogP contribution in [0, 0.1) is 5.92 Å². The van der Waals surface area contributed by atoms with Crippen molar-refractivity contribution in [2.75, 3.05) is 30.0 Å². The lowest BCUT2D eigenvalue weighted by Gasteiger charge is -2.29. The van der Waals surface area contributed by atoms with Crippen LogP contribution >= 0.6 is 15.9 Å². The van der Waals surface area contributed by atoms with Gasteiger partial charge in [-0.05, 0) is 47.5 Å². The van der Waals surface area contributed by atoms with Gasteiger partial charge in [-0.3, -0.25) is 4.90 Å². The van der Waals surface area contributed by atoms with Crippen LogP contribution in [0.1, 0.15) is 44.9 Å². The molecule has 28 heavy (non-hydrogen) atoms. The maximum Gasteiger partial charge on any atom is 0.413 e. The highest BCUT2D eigenvalue weighted by molar-refractivity contribution is 9.10. The quantitative estimate of drug-likeness (QED) is 0.709.